The maximum absolute atomic E-state index is 4.45. The van der Waals surface area contributed by atoms with E-state index in [0.717, 1.165) is 63.5 Å². The first-order valence-electron chi connectivity index (χ1n) is 16.7. The van der Waals surface area contributed by atoms with Gasteiger partial charge in [-0.25, -0.2) is 0 Å². The molecule has 8 heteroatoms. The molecule has 2 aromatic carbocycles. The molecule has 0 fully saturated rings. The molecule has 3 aromatic rings. The van der Waals surface area contributed by atoms with Crippen LogP contribution in [-0.2, 0) is 16.6 Å². The van der Waals surface area contributed by atoms with Crippen LogP contribution in [0.5, 0.6) is 0 Å². The monoisotopic (exact) mass is 791 g/mol. The SMILES string of the molecule is CCCN1/C(=C/C=C2\CCC(/C=C/C3=[N+](CCC)c4ccc(Br)cc4C3(C)C)=C2SCc2nnc(C)s2)C(C)(C)c2cc(Br)ccc21. The van der Waals surface area contributed by atoms with Crippen LogP contribution in [0.4, 0.5) is 11.4 Å². The van der Waals surface area contributed by atoms with E-state index in [2.05, 4.69) is 154 Å². The Balaban J connectivity index is 1.40. The van der Waals surface area contributed by atoms with E-state index < -0.39 is 0 Å². The highest BCUT2D eigenvalue weighted by molar-refractivity contribution is 9.10. The number of hydrogen-bond donors (Lipinski definition) is 0. The molecule has 3 aliphatic rings. The number of rotatable bonds is 10. The molecule has 4 nitrogen and oxygen atoms in total. The Bertz CT molecular complexity index is 1860. The number of benzene rings is 2. The Morgan fingerprint density at radius 1 is 0.915 bits per heavy atom. The van der Waals surface area contributed by atoms with Gasteiger partial charge in [-0.2, -0.15) is 4.58 Å². The first kappa shape index (κ1) is 34.6. The number of fused-ring (bicyclic) bond motifs is 2. The fraction of sp³-hybridized carbons (Fsp3) is 0.410. The van der Waals surface area contributed by atoms with Crippen molar-refractivity contribution in [2.24, 2.45) is 0 Å². The molecular weight excluding hydrogens is 748 g/mol. The molecule has 0 N–H and O–H groups in total. The Labute approximate surface area is 306 Å². The molecule has 0 atom stereocenters. The van der Waals surface area contributed by atoms with Gasteiger partial charge in [0.25, 0.3) is 0 Å². The van der Waals surface area contributed by atoms with Gasteiger partial charge < -0.3 is 4.90 Å². The molecule has 0 saturated heterocycles. The van der Waals surface area contributed by atoms with Crippen molar-refractivity contribution >= 4 is 72.0 Å². The summed E-state index contributed by atoms with van der Waals surface area (Å²) in [6.45, 7) is 18.1. The van der Waals surface area contributed by atoms with Crippen LogP contribution < -0.4 is 4.90 Å². The number of anilines is 1. The van der Waals surface area contributed by atoms with Crippen LogP contribution in [0.25, 0.3) is 0 Å². The molecule has 47 heavy (non-hydrogen) atoms. The first-order chi connectivity index (χ1) is 22.4. The van der Waals surface area contributed by atoms with Gasteiger partial charge in [0.2, 0.25) is 5.69 Å². The lowest BCUT2D eigenvalue weighted by molar-refractivity contribution is -0.437. The first-order valence-corrected chi connectivity index (χ1v) is 20.1. The molecule has 0 amide bonds. The van der Waals surface area contributed by atoms with E-state index in [4.69, 9.17) is 0 Å². The molecule has 0 radical (unpaired) electrons. The molecular formula is C39H45Br2N4S2+. The highest BCUT2D eigenvalue weighted by atomic mass is 79.9. The predicted octanol–water partition coefficient (Wildman–Crippen LogP) is 11.7. The van der Waals surface area contributed by atoms with Gasteiger partial charge in [-0.1, -0.05) is 71.7 Å². The van der Waals surface area contributed by atoms with Crippen LogP contribution in [0.15, 0.2) is 91.4 Å². The van der Waals surface area contributed by atoms with Gasteiger partial charge >= 0.3 is 0 Å². The minimum Gasteiger partial charge on any atom is -0.344 e. The second-order valence-electron chi connectivity index (χ2n) is 13.7. The number of aryl methyl sites for hydroxylation is 1. The Morgan fingerprint density at radius 3 is 2.36 bits per heavy atom. The summed E-state index contributed by atoms with van der Waals surface area (Å²) < 4.78 is 4.81. The summed E-state index contributed by atoms with van der Waals surface area (Å²) >= 11 is 11.1. The Hall–Kier alpha value is -2.26. The van der Waals surface area contributed by atoms with E-state index in [0.29, 0.717) is 0 Å². The number of nitrogens with zero attached hydrogens (tertiary/aromatic N) is 4. The van der Waals surface area contributed by atoms with Crippen molar-refractivity contribution < 1.29 is 4.58 Å². The highest BCUT2D eigenvalue weighted by Crippen LogP contribution is 2.49. The van der Waals surface area contributed by atoms with Crippen molar-refractivity contribution in [3.8, 4) is 0 Å². The zero-order chi connectivity index (χ0) is 33.5. The van der Waals surface area contributed by atoms with E-state index in [9.17, 15) is 0 Å². The van der Waals surface area contributed by atoms with Crippen molar-refractivity contribution in [3.05, 3.63) is 113 Å². The second kappa shape index (κ2) is 13.9. The summed E-state index contributed by atoms with van der Waals surface area (Å²) in [4.78, 5) is 3.93. The van der Waals surface area contributed by atoms with Crippen molar-refractivity contribution in [2.45, 2.75) is 90.7 Å². The van der Waals surface area contributed by atoms with Crippen LogP contribution in [0.2, 0.25) is 0 Å². The smallest absolute Gasteiger partial charge is 0.209 e. The van der Waals surface area contributed by atoms with Crippen molar-refractivity contribution in [2.75, 3.05) is 18.0 Å². The number of halogens is 2. The molecule has 0 bridgehead atoms. The van der Waals surface area contributed by atoms with Gasteiger partial charge in [-0.15, -0.1) is 33.3 Å². The fourth-order valence-electron chi connectivity index (χ4n) is 7.32. The number of aromatic nitrogens is 2. The Kier molecular flexibility index (Phi) is 10.3. The summed E-state index contributed by atoms with van der Waals surface area (Å²) in [6, 6.07) is 13.5. The average molecular weight is 794 g/mol. The second-order valence-corrected chi connectivity index (χ2v) is 17.8. The summed E-state index contributed by atoms with van der Waals surface area (Å²) in [5.41, 5.74) is 10.9. The van der Waals surface area contributed by atoms with Crippen LogP contribution >= 0.6 is 55.0 Å². The van der Waals surface area contributed by atoms with E-state index in [1.54, 1.807) is 11.3 Å². The van der Waals surface area contributed by atoms with Gasteiger partial charge in [-0.3, -0.25) is 0 Å². The molecule has 6 rings (SSSR count). The van der Waals surface area contributed by atoms with Crippen molar-refractivity contribution in [3.63, 3.8) is 0 Å². The van der Waals surface area contributed by atoms with Crippen LogP contribution in [0.1, 0.15) is 88.4 Å². The summed E-state index contributed by atoms with van der Waals surface area (Å²) in [6.07, 6.45) is 13.9. The van der Waals surface area contributed by atoms with Gasteiger partial charge in [0.05, 0.1) is 11.2 Å². The topological polar surface area (TPSA) is 32.0 Å². The quantitative estimate of drug-likeness (QED) is 0.191. The summed E-state index contributed by atoms with van der Waals surface area (Å²) in [7, 11) is 0. The average Bonchev–Trinajstić information content (AvgIpc) is 3.72. The molecule has 246 valence electrons. The number of thioether (sulfide) groups is 1. The predicted molar refractivity (Wildman–Crippen MR) is 210 cm³/mol. The largest absolute Gasteiger partial charge is 0.344 e. The molecule has 0 saturated carbocycles. The van der Waals surface area contributed by atoms with Crippen molar-refractivity contribution in [1.82, 2.24) is 10.2 Å². The zero-order valence-electron chi connectivity index (χ0n) is 28.6. The van der Waals surface area contributed by atoms with E-state index in [1.165, 1.54) is 50.0 Å². The molecule has 3 heterocycles. The number of allylic oxidation sites excluding steroid dienone is 7. The van der Waals surface area contributed by atoms with Gasteiger partial charge in [0, 0.05) is 61.3 Å². The van der Waals surface area contributed by atoms with Crippen LogP contribution in [0.3, 0.4) is 0 Å². The standard InChI is InChI=1S/C39H45Br2N4S2/c1-8-20-44-32-16-14-28(40)22-30(32)38(4,5)34(44)18-12-26-10-11-27(37(26)46-24-36-43-42-25(3)47-36)13-19-35-39(6,7)31-23-29(41)15-17-33(31)45(35)21-9-2/h12-19,22-23H,8-11,20-21,24H2,1-7H3/q+1. The Morgan fingerprint density at radius 2 is 1.66 bits per heavy atom. The van der Waals surface area contributed by atoms with Crippen LogP contribution in [-0.4, -0.2) is 33.6 Å². The lowest BCUT2D eigenvalue weighted by atomic mass is 9.81. The van der Waals surface area contributed by atoms with Gasteiger partial charge in [-0.05, 0) is 93.2 Å². The van der Waals surface area contributed by atoms with E-state index in [-0.39, 0.29) is 10.8 Å². The van der Waals surface area contributed by atoms with E-state index in [1.807, 2.05) is 18.7 Å². The maximum atomic E-state index is 4.45. The zero-order valence-corrected chi connectivity index (χ0v) is 33.4. The molecule has 1 aliphatic carbocycles. The minimum absolute atomic E-state index is 0.0782. The normalized spacial score (nSPS) is 20.1. The minimum atomic E-state index is -0.0782. The molecule has 1 aromatic heterocycles. The lowest BCUT2D eigenvalue weighted by Crippen LogP contribution is -2.27. The van der Waals surface area contributed by atoms with E-state index >= 15 is 0 Å². The summed E-state index contributed by atoms with van der Waals surface area (Å²) in [5, 5.41) is 10.9. The highest BCUT2D eigenvalue weighted by Gasteiger charge is 2.44. The van der Waals surface area contributed by atoms with Gasteiger partial charge in [0.15, 0.2) is 5.71 Å². The van der Waals surface area contributed by atoms with Crippen LogP contribution in [0, 0.1) is 6.92 Å². The van der Waals surface area contributed by atoms with Gasteiger partial charge in [0.1, 0.15) is 16.6 Å². The third-order valence-electron chi connectivity index (χ3n) is 9.64. The fourth-order valence-corrected chi connectivity index (χ4v) is 9.99. The third-order valence-corrected chi connectivity index (χ3v) is 12.9. The van der Waals surface area contributed by atoms with Crippen molar-refractivity contribution in [1.29, 1.82) is 0 Å². The maximum Gasteiger partial charge on any atom is 0.209 e. The molecule has 0 spiro atoms. The number of hydrogen-bond acceptors (Lipinski definition) is 5. The molecule has 2 aliphatic heterocycles. The molecule has 0 unspecified atom stereocenters. The lowest BCUT2D eigenvalue weighted by Gasteiger charge is -2.26. The summed E-state index contributed by atoms with van der Waals surface area (Å²) in [5.74, 6) is 0.836. The third kappa shape index (κ3) is 6.69.